The summed E-state index contributed by atoms with van der Waals surface area (Å²) in [4.78, 5) is 11.4. The molecule has 0 bridgehead atoms. The zero-order valence-electron chi connectivity index (χ0n) is 7.68. The summed E-state index contributed by atoms with van der Waals surface area (Å²) in [5.74, 6) is 2.21. The minimum Gasteiger partial charge on any atom is -0.299 e. The van der Waals surface area contributed by atoms with Gasteiger partial charge >= 0.3 is 0 Å². The Hall–Kier alpha value is -0.590. The highest BCUT2D eigenvalue weighted by Gasteiger charge is 2.39. The maximum absolute atomic E-state index is 11.4. The first-order valence-electron chi connectivity index (χ1n) is 4.88. The van der Waals surface area contributed by atoms with Gasteiger partial charge in [0.05, 0.1) is 0 Å². The van der Waals surface area contributed by atoms with Gasteiger partial charge < -0.3 is 0 Å². The molecule has 0 radical (unpaired) electrons. The van der Waals surface area contributed by atoms with E-state index in [-0.39, 0.29) is 0 Å². The normalized spacial score (nSPS) is 41.6. The van der Waals surface area contributed by atoms with E-state index in [9.17, 15) is 4.79 Å². The summed E-state index contributed by atoms with van der Waals surface area (Å²) >= 11 is 0. The summed E-state index contributed by atoms with van der Waals surface area (Å²) in [5, 5.41) is 0. The monoisotopic (exact) mass is 164 g/mol. The third-order valence-electron chi connectivity index (χ3n) is 3.59. The van der Waals surface area contributed by atoms with E-state index in [1.165, 1.54) is 12.0 Å². The predicted octanol–water partition coefficient (Wildman–Crippen LogP) is 2.57. The van der Waals surface area contributed by atoms with Crippen LogP contribution in [0.3, 0.4) is 0 Å². The van der Waals surface area contributed by atoms with Crippen LogP contribution >= 0.6 is 0 Å². The van der Waals surface area contributed by atoms with E-state index in [4.69, 9.17) is 0 Å². The molecule has 2 rings (SSSR count). The second kappa shape index (κ2) is 2.72. The highest BCUT2D eigenvalue weighted by molar-refractivity contribution is 5.81. The number of hydrogen-bond acceptors (Lipinski definition) is 1. The summed E-state index contributed by atoms with van der Waals surface area (Å²) in [6.07, 6.45) is 4.22. The summed E-state index contributed by atoms with van der Waals surface area (Å²) in [7, 11) is 0. The number of Topliss-reactive ketones (excluding diaryl/α,β-unsaturated/α-hetero) is 1. The molecule has 1 nitrogen and oxygen atoms in total. The number of ketones is 1. The van der Waals surface area contributed by atoms with Crippen molar-refractivity contribution in [2.24, 2.45) is 17.8 Å². The Labute approximate surface area is 73.8 Å². The third-order valence-corrected chi connectivity index (χ3v) is 3.59. The van der Waals surface area contributed by atoms with E-state index < -0.39 is 0 Å². The van der Waals surface area contributed by atoms with Gasteiger partial charge in [-0.25, -0.2) is 0 Å². The van der Waals surface area contributed by atoms with Crippen molar-refractivity contribution in [1.29, 1.82) is 0 Å². The molecular formula is C11H16O. The molecule has 0 aliphatic heterocycles. The lowest BCUT2D eigenvalue weighted by Crippen LogP contribution is -2.29. The van der Waals surface area contributed by atoms with Gasteiger partial charge in [0.15, 0.2) is 0 Å². The van der Waals surface area contributed by atoms with Crippen molar-refractivity contribution in [3.05, 3.63) is 12.2 Å². The average Bonchev–Trinajstić information content (AvgIpc) is 2.39. The van der Waals surface area contributed by atoms with Gasteiger partial charge in [0, 0.05) is 12.3 Å². The number of hydrogen-bond donors (Lipinski definition) is 0. The summed E-state index contributed by atoms with van der Waals surface area (Å²) in [6, 6.07) is 0. The molecule has 2 aliphatic carbocycles. The standard InChI is InChI=1S/C11H16O/c1-7-5-9-3-4-11(12)8(2)10(9)6-7/h8-10H,1,3-6H2,2H3. The minimum atomic E-state index is 0.308. The predicted molar refractivity (Wildman–Crippen MR) is 48.8 cm³/mol. The average molecular weight is 164 g/mol. The lowest BCUT2D eigenvalue weighted by Gasteiger charge is -2.29. The van der Waals surface area contributed by atoms with Crippen LogP contribution in [0.4, 0.5) is 0 Å². The van der Waals surface area contributed by atoms with Crippen LogP contribution in [-0.2, 0) is 4.79 Å². The van der Waals surface area contributed by atoms with Crippen LogP contribution in [0.15, 0.2) is 12.2 Å². The van der Waals surface area contributed by atoms with Crippen LogP contribution in [-0.4, -0.2) is 5.78 Å². The Balaban J connectivity index is 2.16. The van der Waals surface area contributed by atoms with Crippen molar-refractivity contribution in [2.45, 2.75) is 32.6 Å². The maximum Gasteiger partial charge on any atom is 0.136 e. The SMILES string of the molecule is C=C1CC2CCC(=O)C(C)C2C1. The van der Waals surface area contributed by atoms with Crippen molar-refractivity contribution < 1.29 is 4.79 Å². The fourth-order valence-corrected chi connectivity index (χ4v) is 2.80. The van der Waals surface area contributed by atoms with Crippen molar-refractivity contribution in [3.8, 4) is 0 Å². The molecule has 2 aliphatic rings. The van der Waals surface area contributed by atoms with E-state index in [1.54, 1.807) is 0 Å². The maximum atomic E-state index is 11.4. The molecule has 0 heterocycles. The van der Waals surface area contributed by atoms with Crippen molar-refractivity contribution in [1.82, 2.24) is 0 Å². The first kappa shape index (κ1) is 8.03. The van der Waals surface area contributed by atoms with Gasteiger partial charge in [-0.05, 0) is 31.1 Å². The number of fused-ring (bicyclic) bond motifs is 1. The van der Waals surface area contributed by atoms with Gasteiger partial charge in [-0.15, -0.1) is 0 Å². The number of allylic oxidation sites excluding steroid dienone is 1. The molecule has 2 saturated carbocycles. The first-order valence-corrected chi connectivity index (χ1v) is 4.88. The summed E-state index contributed by atoms with van der Waals surface area (Å²) in [5.41, 5.74) is 1.37. The fourth-order valence-electron chi connectivity index (χ4n) is 2.80. The van der Waals surface area contributed by atoms with Gasteiger partial charge in [0.1, 0.15) is 5.78 Å². The van der Waals surface area contributed by atoms with Crippen LogP contribution in [0.5, 0.6) is 0 Å². The topological polar surface area (TPSA) is 17.1 Å². The van der Waals surface area contributed by atoms with Crippen LogP contribution in [0.2, 0.25) is 0 Å². The van der Waals surface area contributed by atoms with Crippen LogP contribution in [0.25, 0.3) is 0 Å². The minimum absolute atomic E-state index is 0.308. The largest absolute Gasteiger partial charge is 0.299 e. The zero-order chi connectivity index (χ0) is 8.72. The molecule has 0 aromatic carbocycles. The molecule has 3 atom stereocenters. The van der Waals surface area contributed by atoms with Crippen molar-refractivity contribution >= 4 is 5.78 Å². The second-order valence-electron chi connectivity index (χ2n) is 4.38. The molecule has 1 heteroatoms. The zero-order valence-corrected chi connectivity index (χ0v) is 7.68. The van der Waals surface area contributed by atoms with Gasteiger partial charge in [-0.2, -0.15) is 0 Å². The third kappa shape index (κ3) is 1.12. The van der Waals surface area contributed by atoms with Crippen molar-refractivity contribution in [2.75, 3.05) is 0 Å². The molecule has 0 aromatic rings. The van der Waals surface area contributed by atoms with E-state index >= 15 is 0 Å². The van der Waals surface area contributed by atoms with Crippen molar-refractivity contribution in [3.63, 3.8) is 0 Å². The van der Waals surface area contributed by atoms with E-state index in [0.29, 0.717) is 17.6 Å². The Morgan fingerprint density at radius 2 is 2.17 bits per heavy atom. The summed E-state index contributed by atoms with van der Waals surface area (Å²) < 4.78 is 0. The molecular weight excluding hydrogens is 148 g/mol. The van der Waals surface area contributed by atoms with Gasteiger partial charge in [-0.3, -0.25) is 4.79 Å². The number of carbonyl (C=O) groups excluding carboxylic acids is 1. The Bertz CT molecular complexity index is 229. The van der Waals surface area contributed by atoms with Gasteiger partial charge in [0.25, 0.3) is 0 Å². The number of carbonyl (C=O) groups is 1. The molecule has 0 aromatic heterocycles. The second-order valence-corrected chi connectivity index (χ2v) is 4.38. The molecule has 12 heavy (non-hydrogen) atoms. The Morgan fingerprint density at radius 3 is 2.92 bits per heavy atom. The quantitative estimate of drug-likeness (QED) is 0.503. The first-order chi connectivity index (χ1) is 5.68. The van der Waals surface area contributed by atoms with E-state index in [1.807, 2.05) is 0 Å². The Kier molecular flexibility index (Phi) is 1.82. The van der Waals surface area contributed by atoms with Gasteiger partial charge in [0.2, 0.25) is 0 Å². The van der Waals surface area contributed by atoms with Crippen LogP contribution in [0, 0.1) is 17.8 Å². The number of rotatable bonds is 0. The molecule has 66 valence electrons. The van der Waals surface area contributed by atoms with E-state index in [2.05, 4.69) is 13.5 Å². The molecule has 0 amide bonds. The van der Waals surface area contributed by atoms with E-state index in [0.717, 1.165) is 25.2 Å². The van der Waals surface area contributed by atoms with Crippen LogP contribution < -0.4 is 0 Å². The Morgan fingerprint density at radius 1 is 1.42 bits per heavy atom. The highest BCUT2D eigenvalue weighted by Crippen LogP contribution is 2.45. The lowest BCUT2D eigenvalue weighted by molar-refractivity contribution is -0.127. The fraction of sp³-hybridized carbons (Fsp3) is 0.727. The van der Waals surface area contributed by atoms with Crippen LogP contribution in [0.1, 0.15) is 32.6 Å². The highest BCUT2D eigenvalue weighted by atomic mass is 16.1. The molecule has 0 N–H and O–H groups in total. The van der Waals surface area contributed by atoms with Gasteiger partial charge in [-0.1, -0.05) is 19.1 Å². The smallest absolute Gasteiger partial charge is 0.136 e. The molecule has 0 saturated heterocycles. The lowest BCUT2D eigenvalue weighted by atomic mass is 9.74. The molecule has 0 spiro atoms. The molecule has 3 unspecified atom stereocenters. The molecule has 2 fully saturated rings. The summed E-state index contributed by atoms with van der Waals surface area (Å²) in [6.45, 7) is 6.12.